The summed E-state index contributed by atoms with van der Waals surface area (Å²) in [4.78, 5) is 22.2. The van der Waals surface area contributed by atoms with Gasteiger partial charge in [0.1, 0.15) is 5.01 Å². The Bertz CT molecular complexity index is 880. The molecule has 108 valence electrons. The molecule has 10 heteroatoms. The summed E-state index contributed by atoms with van der Waals surface area (Å²) < 4.78 is 6.36. The third kappa shape index (κ3) is 2.36. The predicted octanol–water partition coefficient (Wildman–Crippen LogP) is 1.44. The molecule has 0 unspecified atom stereocenters. The van der Waals surface area contributed by atoms with E-state index < -0.39 is 10.7 Å². The van der Waals surface area contributed by atoms with E-state index in [0.29, 0.717) is 21.2 Å². The van der Waals surface area contributed by atoms with Gasteiger partial charge in [-0.2, -0.15) is 0 Å². The lowest BCUT2D eigenvalue weighted by atomic mass is 10.3. The first-order valence-corrected chi connectivity index (χ1v) is 6.68. The fraction of sp³-hybridized carbons (Fsp3) is 0.182. The molecule has 0 spiro atoms. The van der Waals surface area contributed by atoms with E-state index >= 15 is 0 Å². The van der Waals surface area contributed by atoms with Crippen molar-refractivity contribution in [2.45, 2.75) is 6.54 Å². The number of anilines is 1. The SMILES string of the molecule is CNc1nnc(Cn2c(=O)oc3ccc([N+](=O)[O-])cc32)s1. The van der Waals surface area contributed by atoms with E-state index in [4.69, 9.17) is 4.42 Å². The molecule has 0 aliphatic rings. The third-order valence-corrected chi connectivity index (χ3v) is 3.76. The van der Waals surface area contributed by atoms with Gasteiger partial charge in [-0.05, 0) is 6.07 Å². The molecule has 3 aromatic rings. The van der Waals surface area contributed by atoms with Crippen LogP contribution >= 0.6 is 11.3 Å². The minimum Gasteiger partial charge on any atom is -0.408 e. The highest BCUT2D eigenvalue weighted by Gasteiger charge is 2.15. The van der Waals surface area contributed by atoms with Gasteiger partial charge in [-0.25, -0.2) is 4.79 Å². The molecule has 0 aliphatic heterocycles. The van der Waals surface area contributed by atoms with E-state index in [0.717, 1.165) is 0 Å². The molecule has 0 bridgehead atoms. The van der Waals surface area contributed by atoms with Crippen molar-refractivity contribution in [3.05, 3.63) is 43.9 Å². The molecule has 1 N–H and O–H groups in total. The summed E-state index contributed by atoms with van der Waals surface area (Å²) in [5, 5.41) is 22.7. The largest absolute Gasteiger partial charge is 0.420 e. The molecule has 3 rings (SSSR count). The van der Waals surface area contributed by atoms with Crippen molar-refractivity contribution in [1.82, 2.24) is 14.8 Å². The summed E-state index contributed by atoms with van der Waals surface area (Å²) in [5.41, 5.74) is 0.546. The number of nitrogens with zero attached hydrogens (tertiary/aromatic N) is 4. The summed E-state index contributed by atoms with van der Waals surface area (Å²) in [6.45, 7) is 0.145. The van der Waals surface area contributed by atoms with E-state index in [1.165, 1.54) is 34.1 Å². The minimum absolute atomic E-state index is 0.106. The van der Waals surface area contributed by atoms with Crippen molar-refractivity contribution in [1.29, 1.82) is 0 Å². The Balaban J connectivity index is 2.08. The molecule has 0 fully saturated rings. The molecule has 1 aromatic carbocycles. The van der Waals surface area contributed by atoms with Crippen LogP contribution in [-0.4, -0.2) is 26.7 Å². The van der Waals surface area contributed by atoms with Gasteiger partial charge in [-0.3, -0.25) is 14.7 Å². The lowest BCUT2D eigenvalue weighted by Gasteiger charge is -1.98. The standard InChI is InChI=1S/C11H9N5O4S/c1-12-10-14-13-9(21-10)5-15-7-4-6(16(18)19)2-3-8(7)20-11(15)17/h2-4H,5H2,1H3,(H,12,14). The second-order valence-electron chi connectivity index (χ2n) is 4.11. The van der Waals surface area contributed by atoms with Gasteiger partial charge in [-0.15, -0.1) is 10.2 Å². The fourth-order valence-corrected chi connectivity index (χ4v) is 2.55. The van der Waals surface area contributed by atoms with Crippen LogP contribution in [0.2, 0.25) is 0 Å². The van der Waals surface area contributed by atoms with Crippen molar-refractivity contribution in [2.24, 2.45) is 0 Å². The first-order chi connectivity index (χ1) is 10.1. The van der Waals surface area contributed by atoms with Gasteiger partial charge in [-0.1, -0.05) is 11.3 Å². The highest BCUT2D eigenvalue weighted by Crippen LogP contribution is 2.22. The van der Waals surface area contributed by atoms with Gasteiger partial charge in [0.05, 0.1) is 17.0 Å². The average molecular weight is 307 g/mol. The Hall–Kier alpha value is -2.75. The molecule has 0 radical (unpaired) electrons. The lowest BCUT2D eigenvalue weighted by molar-refractivity contribution is -0.384. The molecule has 0 amide bonds. The predicted molar refractivity (Wildman–Crippen MR) is 75.7 cm³/mol. The lowest BCUT2D eigenvalue weighted by Crippen LogP contribution is -2.14. The third-order valence-electron chi connectivity index (χ3n) is 2.84. The van der Waals surface area contributed by atoms with Crippen molar-refractivity contribution in [3.8, 4) is 0 Å². The van der Waals surface area contributed by atoms with Crippen LogP contribution in [0.4, 0.5) is 10.8 Å². The van der Waals surface area contributed by atoms with Gasteiger partial charge in [0.2, 0.25) is 5.13 Å². The topological polar surface area (TPSA) is 116 Å². The Morgan fingerprint density at radius 1 is 1.48 bits per heavy atom. The Morgan fingerprint density at radius 2 is 2.29 bits per heavy atom. The summed E-state index contributed by atoms with van der Waals surface area (Å²) in [6.07, 6.45) is 0. The zero-order chi connectivity index (χ0) is 15.0. The highest BCUT2D eigenvalue weighted by atomic mass is 32.1. The number of nitro benzene ring substituents is 1. The van der Waals surface area contributed by atoms with Crippen LogP contribution in [0.1, 0.15) is 5.01 Å². The summed E-state index contributed by atoms with van der Waals surface area (Å²) >= 11 is 1.29. The van der Waals surface area contributed by atoms with E-state index in [2.05, 4.69) is 15.5 Å². The Kier molecular flexibility index (Phi) is 3.14. The first kappa shape index (κ1) is 13.2. The number of non-ortho nitro benzene ring substituents is 1. The fourth-order valence-electron chi connectivity index (χ4n) is 1.87. The van der Waals surface area contributed by atoms with Crippen LogP contribution in [0.15, 0.2) is 27.4 Å². The van der Waals surface area contributed by atoms with Crippen LogP contribution < -0.4 is 11.1 Å². The quantitative estimate of drug-likeness (QED) is 0.572. The van der Waals surface area contributed by atoms with Gasteiger partial charge in [0.15, 0.2) is 5.58 Å². The number of nitrogens with one attached hydrogen (secondary N) is 1. The van der Waals surface area contributed by atoms with Crippen molar-refractivity contribution in [2.75, 3.05) is 12.4 Å². The second-order valence-corrected chi connectivity index (χ2v) is 5.18. The molecule has 0 saturated carbocycles. The molecule has 2 heterocycles. The van der Waals surface area contributed by atoms with E-state index in [1.807, 2.05) is 0 Å². The normalized spacial score (nSPS) is 10.9. The number of aromatic nitrogens is 3. The van der Waals surface area contributed by atoms with Crippen molar-refractivity contribution < 1.29 is 9.34 Å². The second kappa shape index (κ2) is 4.98. The van der Waals surface area contributed by atoms with Gasteiger partial charge in [0.25, 0.3) is 5.69 Å². The highest BCUT2D eigenvalue weighted by molar-refractivity contribution is 7.15. The van der Waals surface area contributed by atoms with Crippen molar-refractivity contribution >= 4 is 33.3 Å². The number of benzene rings is 1. The van der Waals surface area contributed by atoms with Gasteiger partial charge >= 0.3 is 5.76 Å². The molecular weight excluding hydrogens is 298 g/mol. The first-order valence-electron chi connectivity index (χ1n) is 5.86. The number of hydrogen-bond donors (Lipinski definition) is 1. The summed E-state index contributed by atoms with van der Waals surface area (Å²) in [6, 6.07) is 4.00. The number of nitro groups is 1. The maximum Gasteiger partial charge on any atom is 0.420 e. The zero-order valence-electron chi connectivity index (χ0n) is 10.8. The van der Waals surface area contributed by atoms with E-state index in [9.17, 15) is 14.9 Å². The minimum atomic E-state index is -0.591. The maximum absolute atomic E-state index is 11.9. The number of oxazole rings is 1. The van der Waals surface area contributed by atoms with E-state index in [-0.39, 0.29) is 12.2 Å². The number of fused-ring (bicyclic) bond motifs is 1. The van der Waals surface area contributed by atoms with Crippen LogP contribution in [-0.2, 0) is 6.54 Å². The molecular formula is C11H9N5O4S. The number of hydrogen-bond acceptors (Lipinski definition) is 8. The van der Waals surface area contributed by atoms with Crippen LogP contribution in [0.25, 0.3) is 11.1 Å². The number of rotatable bonds is 4. The Morgan fingerprint density at radius 3 is 2.95 bits per heavy atom. The molecule has 2 aromatic heterocycles. The average Bonchev–Trinajstić information content (AvgIpc) is 3.04. The van der Waals surface area contributed by atoms with Gasteiger partial charge < -0.3 is 9.73 Å². The van der Waals surface area contributed by atoms with Crippen LogP contribution in [0.3, 0.4) is 0 Å². The van der Waals surface area contributed by atoms with Gasteiger partial charge in [0, 0.05) is 19.2 Å². The van der Waals surface area contributed by atoms with Crippen LogP contribution in [0.5, 0.6) is 0 Å². The summed E-state index contributed by atoms with van der Waals surface area (Å²) in [5.74, 6) is -0.591. The Labute approximate surface area is 121 Å². The monoisotopic (exact) mass is 307 g/mol. The zero-order valence-corrected chi connectivity index (χ0v) is 11.6. The molecule has 9 nitrogen and oxygen atoms in total. The van der Waals surface area contributed by atoms with E-state index in [1.54, 1.807) is 7.05 Å². The summed E-state index contributed by atoms with van der Waals surface area (Å²) in [7, 11) is 1.72. The molecule has 0 atom stereocenters. The molecule has 21 heavy (non-hydrogen) atoms. The molecule has 0 aliphatic carbocycles. The maximum atomic E-state index is 11.9. The molecule has 0 saturated heterocycles. The van der Waals surface area contributed by atoms with Crippen LogP contribution in [0, 0.1) is 10.1 Å². The smallest absolute Gasteiger partial charge is 0.408 e. The van der Waals surface area contributed by atoms with Crippen molar-refractivity contribution in [3.63, 3.8) is 0 Å².